The highest BCUT2D eigenvalue weighted by molar-refractivity contribution is 5.91. The molecule has 0 aliphatic rings. The second-order valence-electron chi connectivity index (χ2n) is 4.03. The van der Waals surface area contributed by atoms with Gasteiger partial charge in [0.05, 0.1) is 25.5 Å². The van der Waals surface area contributed by atoms with Crippen molar-refractivity contribution in [2.24, 2.45) is 5.84 Å². The minimum absolute atomic E-state index is 0.139. The number of carbonyl (C=O) groups excluding carboxylic acids is 1. The van der Waals surface area contributed by atoms with E-state index >= 15 is 0 Å². The monoisotopic (exact) mass is 289 g/mol. The number of furan rings is 1. The SMILES string of the molecule is NNC(=O)c1cn(CCn2nnc(-c3ccco3)n2)nn1. The lowest BCUT2D eigenvalue weighted by Crippen LogP contribution is -2.30. The van der Waals surface area contributed by atoms with Crippen LogP contribution in [0.5, 0.6) is 0 Å². The van der Waals surface area contributed by atoms with E-state index in [2.05, 4.69) is 25.7 Å². The lowest BCUT2D eigenvalue weighted by molar-refractivity contribution is 0.0948. The van der Waals surface area contributed by atoms with Gasteiger partial charge in [-0.1, -0.05) is 5.21 Å². The number of amides is 1. The zero-order valence-corrected chi connectivity index (χ0v) is 10.7. The van der Waals surface area contributed by atoms with Gasteiger partial charge in [0, 0.05) is 0 Å². The molecule has 0 fully saturated rings. The molecule has 0 aliphatic carbocycles. The van der Waals surface area contributed by atoms with Crippen molar-refractivity contribution in [2.45, 2.75) is 13.1 Å². The van der Waals surface area contributed by atoms with E-state index in [1.54, 1.807) is 12.1 Å². The molecule has 21 heavy (non-hydrogen) atoms. The molecule has 0 aliphatic heterocycles. The number of carbonyl (C=O) groups is 1. The Hall–Kier alpha value is -3.08. The predicted octanol–water partition coefficient (Wildman–Crippen LogP) is -1.17. The Morgan fingerprint density at radius 1 is 1.33 bits per heavy atom. The molecule has 3 N–H and O–H groups in total. The third kappa shape index (κ3) is 2.76. The Morgan fingerprint density at radius 2 is 2.24 bits per heavy atom. The zero-order chi connectivity index (χ0) is 14.7. The van der Waals surface area contributed by atoms with Crippen LogP contribution in [0.3, 0.4) is 0 Å². The van der Waals surface area contributed by atoms with E-state index in [0.717, 1.165) is 0 Å². The molecule has 11 heteroatoms. The van der Waals surface area contributed by atoms with Crippen LogP contribution in [0.1, 0.15) is 10.5 Å². The molecule has 0 bridgehead atoms. The van der Waals surface area contributed by atoms with Crippen molar-refractivity contribution in [1.29, 1.82) is 0 Å². The molecular formula is C10H11N9O2. The maximum Gasteiger partial charge on any atom is 0.287 e. The molecular weight excluding hydrogens is 278 g/mol. The molecule has 108 valence electrons. The van der Waals surface area contributed by atoms with Crippen molar-refractivity contribution in [3.05, 3.63) is 30.3 Å². The van der Waals surface area contributed by atoms with E-state index in [9.17, 15) is 4.79 Å². The molecule has 0 aromatic carbocycles. The van der Waals surface area contributed by atoms with Crippen molar-refractivity contribution in [2.75, 3.05) is 0 Å². The van der Waals surface area contributed by atoms with Gasteiger partial charge in [-0.3, -0.25) is 10.2 Å². The first-order valence-electron chi connectivity index (χ1n) is 5.99. The summed E-state index contributed by atoms with van der Waals surface area (Å²) in [5, 5.41) is 19.4. The van der Waals surface area contributed by atoms with Gasteiger partial charge in [0.15, 0.2) is 11.5 Å². The summed E-state index contributed by atoms with van der Waals surface area (Å²) < 4.78 is 6.66. The Kier molecular flexibility index (Phi) is 3.39. The quantitative estimate of drug-likeness (QED) is 0.340. The third-order valence-corrected chi connectivity index (χ3v) is 2.63. The lowest BCUT2D eigenvalue weighted by atomic mass is 10.4. The maximum atomic E-state index is 11.2. The van der Waals surface area contributed by atoms with Crippen molar-refractivity contribution < 1.29 is 9.21 Å². The minimum Gasteiger partial charge on any atom is -0.461 e. The van der Waals surface area contributed by atoms with Gasteiger partial charge in [0.2, 0.25) is 5.82 Å². The summed E-state index contributed by atoms with van der Waals surface area (Å²) in [6.45, 7) is 0.847. The molecule has 1 amide bonds. The van der Waals surface area contributed by atoms with Crippen LogP contribution >= 0.6 is 0 Å². The molecule has 0 spiro atoms. The molecule has 3 aromatic rings. The van der Waals surface area contributed by atoms with Gasteiger partial charge in [-0.05, 0) is 17.3 Å². The van der Waals surface area contributed by atoms with Crippen LogP contribution in [0.4, 0.5) is 0 Å². The fraction of sp³-hybridized carbons (Fsp3) is 0.200. The zero-order valence-electron chi connectivity index (χ0n) is 10.7. The summed E-state index contributed by atoms with van der Waals surface area (Å²) in [4.78, 5) is 12.6. The summed E-state index contributed by atoms with van der Waals surface area (Å²) in [6, 6.07) is 3.49. The van der Waals surface area contributed by atoms with Crippen LogP contribution in [0.15, 0.2) is 29.0 Å². The topological polar surface area (TPSA) is 143 Å². The van der Waals surface area contributed by atoms with Crippen LogP contribution in [-0.4, -0.2) is 41.1 Å². The number of nitrogens with two attached hydrogens (primary N) is 1. The Morgan fingerprint density at radius 3 is 3.00 bits per heavy atom. The van der Waals surface area contributed by atoms with Crippen molar-refractivity contribution in [3.63, 3.8) is 0 Å². The number of rotatable bonds is 5. The van der Waals surface area contributed by atoms with Crippen LogP contribution < -0.4 is 11.3 Å². The number of nitrogens with one attached hydrogen (secondary N) is 1. The first-order valence-corrected chi connectivity index (χ1v) is 5.99. The fourth-order valence-corrected chi connectivity index (χ4v) is 1.62. The lowest BCUT2D eigenvalue weighted by Gasteiger charge is -1.98. The number of hydrogen-bond acceptors (Lipinski definition) is 8. The highest BCUT2D eigenvalue weighted by atomic mass is 16.3. The van der Waals surface area contributed by atoms with Gasteiger partial charge in [-0.15, -0.1) is 15.3 Å². The number of hydrogen-bond donors (Lipinski definition) is 2. The molecule has 0 saturated carbocycles. The van der Waals surface area contributed by atoms with Crippen LogP contribution in [-0.2, 0) is 13.1 Å². The van der Waals surface area contributed by atoms with Gasteiger partial charge >= 0.3 is 0 Å². The van der Waals surface area contributed by atoms with Crippen LogP contribution in [0.2, 0.25) is 0 Å². The smallest absolute Gasteiger partial charge is 0.287 e. The second kappa shape index (κ2) is 5.50. The Bertz CT molecular complexity index is 729. The number of nitrogen functional groups attached to an aromatic ring is 1. The fourth-order valence-electron chi connectivity index (χ4n) is 1.62. The maximum absolute atomic E-state index is 11.2. The molecule has 11 nitrogen and oxygen atoms in total. The number of aryl methyl sites for hydroxylation is 2. The highest BCUT2D eigenvalue weighted by Gasteiger charge is 2.10. The van der Waals surface area contributed by atoms with Gasteiger partial charge in [0.1, 0.15) is 0 Å². The molecule has 0 saturated heterocycles. The number of nitrogens with zero attached hydrogens (tertiary/aromatic N) is 7. The van der Waals surface area contributed by atoms with E-state index in [-0.39, 0.29) is 5.69 Å². The van der Waals surface area contributed by atoms with E-state index in [1.165, 1.54) is 21.9 Å². The summed E-state index contributed by atoms with van der Waals surface area (Å²) in [7, 11) is 0. The van der Waals surface area contributed by atoms with Crippen molar-refractivity contribution >= 4 is 5.91 Å². The molecule has 3 rings (SSSR count). The van der Waals surface area contributed by atoms with Gasteiger partial charge < -0.3 is 4.42 Å². The van der Waals surface area contributed by atoms with Crippen LogP contribution in [0.25, 0.3) is 11.6 Å². The number of tetrazole rings is 1. The summed E-state index contributed by atoms with van der Waals surface area (Å²) in [5.74, 6) is 5.46. The third-order valence-electron chi connectivity index (χ3n) is 2.63. The molecule has 0 radical (unpaired) electrons. The van der Waals surface area contributed by atoms with Crippen molar-refractivity contribution in [1.82, 2.24) is 40.6 Å². The molecule has 3 heterocycles. The summed E-state index contributed by atoms with van der Waals surface area (Å²) in [5.41, 5.74) is 2.12. The summed E-state index contributed by atoms with van der Waals surface area (Å²) >= 11 is 0. The molecule has 3 aromatic heterocycles. The first-order chi connectivity index (χ1) is 10.3. The average Bonchev–Trinajstić information content (AvgIpc) is 3.23. The first kappa shape index (κ1) is 12.9. The van der Waals surface area contributed by atoms with E-state index in [4.69, 9.17) is 10.3 Å². The Balaban J connectivity index is 1.63. The normalized spacial score (nSPS) is 10.7. The van der Waals surface area contributed by atoms with Gasteiger partial charge in [-0.2, -0.15) is 4.80 Å². The highest BCUT2D eigenvalue weighted by Crippen LogP contribution is 2.12. The van der Waals surface area contributed by atoms with Crippen molar-refractivity contribution in [3.8, 4) is 11.6 Å². The van der Waals surface area contributed by atoms with E-state index in [0.29, 0.717) is 24.7 Å². The number of aromatic nitrogens is 7. The second-order valence-corrected chi connectivity index (χ2v) is 4.03. The average molecular weight is 289 g/mol. The van der Waals surface area contributed by atoms with Gasteiger partial charge in [0.25, 0.3) is 5.91 Å². The summed E-state index contributed by atoms with van der Waals surface area (Å²) in [6.07, 6.45) is 3.02. The van der Waals surface area contributed by atoms with E-state index < -0.39 is 5.91 Å². The predicted molar refractivity (Wildman–Crippen MR) is 67.2 cm³/mol. The minimum atomic E-state index is -0.500. The van der Waals surface area contributed by atoms with Crippen LogP contribution in [0, 0.1) is 0 Å². The Labute approximate surface area is 117 Å². The number of hydrazine groups is 1. The largest absolute Gasteiger partial charge is 0.461 e. The van der Waals surface area contributed by atoms with Gasteiger partial charge in [-0.25, -0.2) is 10.5 Å². The standard InChI is InChI=1S/C10H11N9O2/c11-12-10(20)7-6-18(16-13-7)3-4-19-15-9(14-17-19)8-2-1-5-21-8/h1-2,5-6H,3-4,11H2,(H,12,20). The molecule has 0 atom stereocenters. The molecule has 0 unspecified atom stereocenters. The van der Waals surface area contributed by atoms with E-state index in [1.807, 2.05) is 5.43 Å².